The molecule has 1 aromatic rings. The van der Waals surface area contributed by atoms with Crippen molar-refractivity contribution in [1.82, 2.24) is 5.32 Å². The fraction of sp³-hybridized carbons (Fsp3) is 0.462. The van der Waals surface area contributed by atoms with Crippen LogP contribution >= 0.6 is 11.6 Å². The highest BCUT2D eigenvalue weighted by Gasteiger charge is 2.09. The van der Waals surface area contributed by atoms with E-state index in [0.717, 1.165) is 5.75 Å². The van der Waals surface area contributed by atoms with Crippen molar-refractivity contribution in [3.63, 3.8) is 0 Å². The summed E-state index contributed by atoms with van der Waals surface area (Å²) in [6, 6.07) is 7.27. The number of hydrogen-bond donors (Lipinski definition) is 2. The van der Waals surface area contributed by atoms with Gasteiger partial charge < -0.3 is 15.8 Å². The smallest absolute Gasteiger partial charge is 0.189 e. The molecule has 0 aliphatic rings. The Labute approximate surface area is 113 Å². The van der Waals surface area contributed by atoms with E-state index in [-0.39, 0.29) is 5.54 Å². The summed E-state index contributed by atoms with van der Waals surface area (Å²) in [6.07, 6.45) is 0. The molecule has 0 aliphatic carbocycles. The minimum Gasteiger partial charge on any atom is -0.492 e. The lowest BCUT2D eigenvalue weighted by molar-refractivity contribution is 0.328. The molecule has 0 saturated heterocycles. The highest BCUT2D eigenvalue weighted by Crippen LogP contribution is 2.16. The fourth-order valence-electron chi connectivity index (χ4n) is 1.31. The maximum absolute atomic E-state index is 5.84. The second-order valence-electron chi connectivity index (χ2n) is 4.95. The van der Waals surface area contributed by atoms with Crippen LogP contribution in [0.3, 0.4) is 0 Å². The van der Waals surface area contributed by atoms with Crippen LogP contribution in [0.2, 0.25) is 5.02 Å². The molecule has 1 aromatic carbocycles. The zero-order valence-corrected chi connectivity index (χ0v) is 11.8. The molecular formula is C13H20ClN3O. The minimum atomic E-state index is -0.0819. The number of rotatable bonds is 4. The van der Waals surface area contributed by atoms with E-state index in [1.54, 1.807) is 12.1 Å². The van der Waals surface area contributed by atoms with E-state index in [4.69, 9.17) is 22.1 Å². The van der Waals surface area contributed by atoms with Crippen LogP contribution < -0.4 is 15.8 Å². The normalized spacial score (nSPS) is 12.3. The summed E-state index contributed by atoms with van der Waals surface area (Å²) in [7, 11) is 0. The predicted molar refractivity (Wildman–Crippen MR) is 76.3 cm³/mol. The van der Waals surface area contributed by atoms with Crippen molar-refractivity contribution < 1.29 is 4.74 Å². The van der Waals surface area contributed by atoms with Crippen LogP contribution in [0.15, 0.2) is 29.3 Å². The number of benzene rings is 1. The Balaban J connectivity index is 2.32. The van der Waals surface area contributed by atoms with Gasteiger partial charge in [-0.3, -0.25) is 0 Å². The Hall–Kier alpha value is -1.42. The first-order valence-electron chi connectivity index (χ1n) is 5.83. The molecule has 0 saturated carbocycles. The third-order valence-corrected chi connectivity index (χ3v) is 2.18. The molecule has 0 aliphatic heterocycles. The van der Waals surface area contributed by atoms with Gasteiger partial charge in [-0.1, -0.05) is 17.7 Å². The zero-order chi connectivity index (χ0) is 13.6. The number of hydrogen-bond acceptors (Lipinski definition) is 2. The van der Waals surface area contributed by atoms with Crippen molar-refractivity contribution in [2.24, 2.45) is 10.7 Å². The van der Waals surface area contributed by atoms with E-state index in [1.165, 1.54) is 0 Å². The standard InChI is InChI=1S/C13H20ClN3O/c1-13(2,3)17-12(15)16-7-8-18-11-6-4-5-10(14)9-11/h4-6,9H,7-8H2,1-3H3,(H3,15,16,17). The van der Waals surface area contributed by atoms with Crippen molar-refractivity contribution in [2.75, 3.05) is 13.2 Å². The molecule has 3 N–H and O–H groups in total. The molecule has 0 heterocycles. The van der Waals surface area contributed by atoms with Gasteiger partial charge in [-0.2, -0.15) is 0 Å². The van der Waals surface area contributed by atoms with E-state index in [2.05, 4.69) is 10.3 Å². The maximum Gasteiger partial charge on any atom is 0.189 e. The Morgan fingerprint density at radius 1 is 1.44 bits per heavy atom. The molecule has 0 radical (unpaired) electrons. The first-order chi connectivity index (χ1) is 8.37. The lowest BCUT2D eigenvalue weighted by atomic mass is 10.1. The zero-order valence-electron chi connectivity index (χ0n) is 11.0. The minimum absolute atomic E-state index is 0.0819. The molecule has 0 atom stereocenters. The fourth-order valence-corrected chi connectivity index (χ4v) is 1.49. The van der Waals surface area contributed by atoms with Gasteiger partial charge in [0, 0.05) is 10.6 Å². The molecule has 0 amide bonds. The summed E-state index contributed by atoms with van der Waals surface area (Å²) in [6.45, 7) is 7.04. The van der Waals surface area contributed by atoms with Crippen LogP contribution in [0, 0.1) is 0 Å². The third-order valence-electron chi connectivity index (χ3n) is 1.94. The molecule has 0 fully saturated rings. The van der Waals surface area contributed by atoms with Gasteiger partial charge in [-0.25, -0.2) is 4.99 Å². The van der Waals surface area contributed by atoms with Crippen molar-refractivity contribution in [1.29, 1.82) is 0 Å². The molecule has 0 unspecified atom stereocenters. The summed E-state index contributed by atoms with van der Waals surface area (Å²) in [5, 5.41) is 3.74. The highest BCUT2D eigenvalue weighted by atomic mass is 35.5. The van der Waals surface area contributed by atoms with Gasteiger partial charge in [0.2, 0.25) is 0 Å². The van der Waals surface area contributed by atoms with Crippen LogP contribution in [-0.2, 0) is 0 Å². The van der Waals surface area contributed by atoms with Crippen molar-refractivity contribution >= 4 is 17.6 Å². The molecule has 1 rings (SSSR count). The second kappa shape index (κ2) is 6.50. The third kappa shape index (κ3) is 6.35. The second-order valence-corrected chi connectivity index (χ2v) is 5.38. The number of halogens is 1. The lowest BCUT2D eigenvalue weighted by Crippen LogP contribution is -2.45. The molecule has 5 heteroatoms. The first-order valence-corrected chi connectivity index (χ1v) is 6.21. The number of aliphatic imine (C=N–C) groups is 1. The van der Waals surface area contributed by atoms with E-state index in [0.29, 0.717) is 24.1 Å². The van der Waals surface area contributed by atoms with Crippen LogP contribution in [0.1, 0.15) is 20.8 Å². The van der Waals surface area contributed by atoms with E-state index < -0.39 is 0 Å². The van der Waals surface area contributed by atoms with Crippen molar-refractivity contribution in [3.05, 3.63) is 29.3 Å². The summed E-state index contributed by atoms with van der Waals surface area (Å²) in [5.74, 6) is 1.16. The average molecular weight is 270 g/mol. The molecular weight excluding hydrogens is 250 g/mol. The van der Waals surface area contributed by atoms with E-state index in [9.17, 15) is 0 Å². The molecule has 0 aromatic heterocycles. The predicted octanol–water partition coefficient (Wildman–Crippen LogP) is 2.42. The highest BCUT2D eigenvalue weighted by molar-refractivity contribution is 6.30. The van der Waals surface area contributed by atoms with Gasteiger partial charge in [0.15, 0.2) is 5.96 Å². The van der Waals surface area contributed by atoms with Gasteiger partial charge in [0.1, 0.15) is 12.4 Å². The Bertz CT molecular complexity index is 413. The van der Waals surface area contributed by atoms with E-state index >= 15 is 0 Å². The monoisotopic (exact) mass is 269 g/mol. The van der Waals surface area contributed by atoms with Crippen molar-refractivity contribution in [3.8, 4) is 5.75 Å². The van der Waals surface area contributed by atoms with Crippen LogP contribution in [0.25, 0.3) is 0 Å². The molecule has 4 nitrogen and oxygen atoms in total. The lowest BCUT2D eigenvalue weighted by Gasteiger charge is -2.20. The number of guanidine groups is 1. The molecule has 0 bridgehead atoms. The maximum atomic E-state index is 5.84. The van der Waals surface area contributed by atoms with Gasteiger partial charge in [-0.15, -0.1) is 0 Å². The van der Waals surface area contributed by atoms with Crippen LogP contribution in [-0.4, -0.2) is 24.7 Å². The summed E-state index contributed by atoms with van der Waals surface area (Å²) in [4.78, 5) is 4.17. The topological polar surface area (TPSA) is 59.6 Å². The quantitative estimate of drug-likeness (QED) is 0.501. The number of nitrogens with zero attached hydrogens (tertiary/aromatic N) is 1. The summed E-state index contributed by atoms with van der Waals surface area (Å²) in [5.41, 5.74) is 5.64. The SMILES string of the molecule is CC(C)(C)NC(N)=NCCOc1cccc(Cl)c1. The number of nitrogens with one attached hydrogen (secondary N) is 1. The van der Waals surface area contributed by atoms with Gasteiger partial charge in [-0.05, 0) is 39.0 Å². The Morgan fingerprint density at radius 3 is 2.78 bits per heavy atom. The average Bonchev–Trinajstić information content (AvgIpc) is 2.22. The van der Waals surface area contributed by atoms with Crippen LogP contribution in [0.5, 0.6) is 5.75 Å². The van der Waals surface area contributed by atoms with Crippen molar-refractivity contribution in [2.45, 2.75) is 26.3 Å². The molecule has 18 heavy (non-hydrogen) atoms. The molecule has 100 valence electrons. The number of nitrogens with two attached hydrogens (primary N) is 1. The van der Waals surface area contributed by atoms with Gasteiger partial charge in [0.05, 0.1) is 6.54 Å². The van der Waals surface area contributed by atoms with Gasteiger partial charge >= 0.3 is 0 Å². The largest absolute Gasteiger partial charge is 0.492 e. The Morgan fingerprint density at radius 2 is 2.17 bits per heavy atom. The first kappa shape index (κ1) is 14.6. The van der Waals surface area contributed by atoms with Gasteiger partial charge in [0.25, 0.3) is 0 Å². The number of ether oxygens (including phenoxy) is 1. The van der Waals surface area contributed by atoms with E-state index in [1.807, 2.05) is 32.9 Å². The molecule has 0 spiro atoms. The van der Waals surface area contributed by atoms with Crippen LogP contribution in [0.4, 0.5) is 0 Å². The summed E-state index contributed by atoms with van der Waals surface area (Å²) < 4.78 is 5.49. The summed E-state index contributed by atoms with van der Waals surface area (Å²) >= 11 is 5.84. The Kier molecular flexibility index (Phi) is 5.28.